The average Bonchev–Trinajstić information content (AvgIpc) is 3.20. The second kappa shape index (κ2) is 13.5. The zero-order valence-corrected chi connectivity index (χ0v) is 21.7. The van der Waals surface area contributed by atoms with Crippen molar-refractivity contribution in [2.45, 2.75) is 65.3 Å². The monoisotopic (exact) mass is 495 g/mol. The SMILES string of the molecule is COCCCOc1cc(C(O)[C@@H](C[C@H](OC(N)=O)[C@@H]2C[C@@H](C(C)C)C(=O)O2)C(C)C)ccc1OC. The number of aliphatic hydroxyl groups excluding tert-OH is 1. The van der Waals surface area contributed by atoms with Crippen molar-refractivity contribution in [1.29, 1.82) is 0 Å². The van der Waals surface area contributed by atoms with E-state index in [1.165, 1.54) is 0 Å². The Morgan fingerprint density at radius 1 is 1.17 bits per heavy atom. The summed E-state index contributed by atoms with van der Waals surface area (Å²) >= 11 is 0. The lowest BCUT2D eigenvalue weighted by Crippen LogP contribution is -2.37. The number of methoxy groups -OCH3 is 2. The quantitative estimate of drug-likeness (QED) is 0.294. The summed E-state index contributed by atoms with van der Waals surface area (Å²) < 4.78 is 27.3. The van der Waals surface area contributed by atoms with Gasteiger partial charge in [0.15, 0.2) is 11.5 Å². The van der Waals surface area contributed by atoms with Crippen molar-refractivity contribution in [3.8, 4) is 11.5 Å². The molecule has 1 amide bonds. The summed E-state index contributed by atoms with van der Waals surface area (Å²) in [5.74, 6) is 0.343. The number of primary amides is 1. The van der Waals surface area contributed by atoms with E-state index in [-0.39, 0.29) is 36.1 Å². The summed E-state index contributed by atoms with van der Waals surface area (Å²) in [5.41, 5.74) is 5.99. The van der Waals surface area contributed by atoms with Gasteiger partial charge in [-0.15, -0.1) is 0 Å². The maximum atomic E-state index is 12.3. The Bertz CT molecular complexity index is 828. The minimum atomic E-state index is -0.938. The third-order valence-electron chi connectivity index (χ3n) is 6.59. The molecule has 0 saturated carbocycles. The van der Waals surface area contributed by atoms with Gasteiger partial charge in [0, 0.05) is 26.6 Å². The number of carbonyl (C=O) groups is 2. The maximum absolute atomic E-state index is 12.3. The summed E-state index contributed by atoms with van der Waals surface area (Å²) in [7, 11) is 3.19. The van der Waals surface area contributed by atoms with Crippen LogP contribution in [0.2, 0.25) is 0 Å². The minimum Gasteiger partial charge on any atom is -0.493 e. The van der Waals surface area contributed by atoms with Crippen LogP contribution in [0.4, 0.5) is 4.79 Å². The molecule has 1 aromatic carbocycles. The van der Waals surface area contributed by atoms with E-state index in [2.05, 4.69) is 0 Å². The van der Waals surface area contributed by atoms with Crippen LogP contribution in [0.5, 0.6) is 11.5 Å². The molecule has 9 heteroatoms. The van der Waals surface area contributed by atoms with Gasteiger partial charge in [0.25, 0.3) is 0 Å². The average molecular weight is 496 g/mol. The molecule has 9 nitrogen and oxygen atoms in total. The number of hydrogen-bond acceptors (Lipinski definition) is 8. The highest BCUT2D eigenvalue weighted by atomic mass is 16.6. The number of benzene rings is 1. The number of nitrogens with two attached hydrogens (primary N) is 1. The Hall–Kier alpha value is -2.52. The fourth-order valence-corrected chi connectivity index (χ4v) is 4.48. The number of hydrogen-bond donors (Lipinski definition) is 2. The van der Waals surface area contributed by atoms with Crippen molar-refractivity contribution < 1.29 is 38.4 Å². The van der Waals surface area contributed by atoms with Gasteiger partial charge < -0.3 is 34.5 Å². The number of carbonyl (C=O) groups excluding carboxylic acids is 2. The Kier molecular flexibility index (Phi) is 11.1. The maximum Gasteiger partial charge on any atom is 0.404 e. The Balaban J connectivity index is 2.24. The molecule has 198 valence electrons. The molecule has 0 aromatic heterocycles. The number of esters is 1. The van der Waals surface area contributed by atoms with Gasteiger partial charge in [0.2, 0.25) is 0 Å². The molecule has 0 spiro atoms. The predicted molar refractivity (Wildman–Crippen MR) is 130 cm³/mol. The highest BCUT2D eigenvalue weighted by Crippen LogP contribution is 2.39. The molecule has 1 aliphatic heterocycles. The van der Waals surface area contributed by atoms with Crippen LogP contribution in [0, 0.1) is 23.7 Å². The number of aliphatic hydroxyl groups is 1. The number of ether oxygens (including phenoxy) is 5. The number of rotatable bonds is 14. The first kappa shape index (κ1) is 28.7. The molecule has 1 aromatic rings. The molecule has 1 saturated heterocycles. The summed E-state index contributed by atoms with van der Waals surface area (Å²) in [4.78, 5) is 24.0. The fourth-order valence-electron chi connectivity index (χ4n) is 4.48. The van der Waals surface area contributed by atoms with E-state index >= 15 is 0 Å². The molecule has 0 bridgehead atoms. The van der Waals surface area contributed by atoms with E-state index in [0.29, 0.717) is 43.1 Å². The molecule has 1 heterocycles. The first-order valence-corrected chi connectivity index (χ1v) is 12.2. The molecule has 0 aliphatic carbocycles. The normalized spacial score (nSPS) is 20.4. The zero-order chi connectivity index (χ0) is 26.1. The lowest BCUT2D eigenvalue weighted by Gasteiger charge is -2.32. The van der Waals surface area contributed by atoms with Crippen molar-refractivity contribution in [3.05, 3.63) is 23.8 Å². The minimum absolute atomic E-state index is 0.0233. The molecule has 1 unspecified atom stereocenters. The standard InChI is InChI=1S/C26H41NO8/c1-15(2)18(13-23(35-26(27)30)22-14-19(16(3)4)25(29)34-22)24(28)17-8-9-20(32-6)21(12-17)33-11-7-10-31-5/h8-9,12,15-16,18-19,22-24,28H,7,10-11,13-14H2,1-6H3,(H2,27,30)/t18-,19-,22-,23-,24?/m0/s1. The topological polar surface area (TPSA) is 127 Å². The predicted octanol–water partition coefficient (Wildman–Crippen LogP) is 3.86. The second-order valence-corrected chi connectivity index (χ2v) is 9.73. The van der Waals surface area contributed by atoms with Crippen LogP contribution in [0.15, 0.2) is 18.2 Å². The lowest BCUT2D eigenvalue weighted by atomic mass is 9.80. The van der Waals surface area contributed by atoms with E-state index in [1.807, 2.05) is 27.7 Å². The summed E-state index contributed by atoms with van der Waals surface area (Å²) in [6, 6.07) is 5.31. The van der Waals surface area contributed by atoms with E-state index in [1.54, 1.807) is 32.4 Å². The fraction of sp³-hybridized carbons (Fsp3) is 0.692. The van der Waals surface area contributed by atoms with E-state index < -0.39 is 24.4 Å². The van der Waals surface area contributed by atoms with Crippen molar-refractivity contribution >= 4 is 12.1 Å². The van der Waals surface area contributed by atoms with Gasteiger partial charge in [-0.1, -0.05) is 33.8 Å². The summed E-state index contributed by atoms with van der Waals surface area (Å²) in [6.07, 6.45) is -1.76. The van der Waals surface area contributed by atoms with Crippen LogP contribution in [-0.4, -0.2) is 56.8 Å². The highest BCUT2D eigenvalue weighted by molar-refractivity contribution is 5.75. The van der Waals surface area contributed by atoms with Crippen LogP contribution in [0.1, 0.15) is 58.6 Å². The Morgan fingerprint density at radius 3 is 2.43 bits per heavy atom. The molecule has 35 heavy (non-hydrogen) atoms. The van der Waals surface area contributed by atoms with Crippen LogP contribution in [-0.2, 0) is 19.0 Å². The molecular formula is C26H41NO8. The van der Waals surface area contributed by atoms with Crippen LogP contribution in [0.3, 0.4) is 0 Å². The first-order chi connectivity index (χ1) is 16.6. The molecular weight excluding hydrogens is 454 g/mol. The smallest absolute Gasteiger partial charge is 0.404 e. The van der Waals surface area contributed by atoms with Gasteiger partial charge in [-0.25, -0.2) is 4.79 Å². The number of cyclic esters (lactones) is 1. The lowest BCUT2D eigenvalue weighted by molar-refractivity contribution is -0.149. The molecule has 0 radical (unpaired) electrons. The van der Waals surface area contributed by atoms with Gasteiger partial charge in [-0.3, -0.25) is 4.79 Å². The van der Waals surface area contributed by atoms with E-state index in [0.717, 1.165) is 0 Å². The Labute approximate surface area is 208 Å². The van der Waals surface area contributed by atoms with Crippen LogP contribution < -0.4 is 15.2 Å². The van der Waals surface area contributed by atoms with Gasteiger partial charge in [-0.2, -0.15) is 0 Å². The third-order valence-corrected chi connectivity index (χ3v) is 6.59. The van der Waals surface area contributed by atoms with E-state index in [9.17, 15) is 14.7 Å². The van der Waals surface area contributed by atoms with Crippen LogP contribution in [0.25, 0.3) is 0 Å². The van der Waals surface area contributed by atoms with Gasteiger partial charge in [0.05, 0.1) is 25.7 Å². The van der Waals surface area contributed by atoms with E-state index in [4.69, 9.17) is 29.4 Å². The number of amides is 1. The third kappa shape index (κ3) is 8.00. The largest absolute Gasteiger partial charge is 0.493 e. The van der Waals surface area contributed by atoms with Crippen molar-refractivity contribution in [2.75, 3.05) is 27.4 Å². The van der Waals surface area contributed by atoms with Crippen molar-refractivity contribution in [1.82, 2.24) is 0 Å². The second-order valence-electron chi connectivity index (χ2n) is 9.73. The molecule has 3 N–H and O–H groups in total. The molecule has 1 aliphatic rings. The van der Waals surface area contributed by atoms with Crippen LogP contribution >= 0.6 is 0 Å². The Morgan fingerprint density at radius 2 is 1.89 bits per heavy atom. The summed E-state index contributed by atoms with van der Waals surface area (Å²) in [5, 5.41) is 11.4. The first-order valence-electron chi connectivity index (χ1n) is 12.2. The molecule has 1 fully saturated rings. The highest BCUT2D eigenvalue weighted by Gasteiger charge is 2.43. The molecule has 5 atom stereocenters. The molecule has 2 rings (SSSR count). The summed E-state index contributed by atoms with van der Waals surface area (Å²) in [6.45, 7) is 8.90. The van der Waals surface area contributed by atoms with Crippen molar-refractivity contribution in [3.63, 3.8) is 0 Å². The zero-order valence-electron chi connectivity index (χ0n) is 21.7. The van der Waals surface area contributed by atoms with Crippen molar-refractivity contribution in [2.24, 2.45) is 29.4 Å². The van der Waals surface area contributed by atoms with Gasteiger partial charge in [0.1, 0.15) is 12.2 Å². The van der Waals surface area contributed by atoms with Gasteiger partial charge in [-0.05, 0) is 41.9 Å². The van der Waals surface area contributed by atoms with Gasteiger partial charge >= 0.3 is 12.1 Å².